The van der Waals surface area contributed by atoms with Crippen LogP contribution in [0, 0.1) is 0 Å². The van der Waals surface area contributed by atoms with Crippen molar-refractivity contribution in [3.05, 3.63) is 92.2 Å². The van der Waals surface area contributed by atoms with Gasteiger partial charge in [-0.15, -0.1) is 0 Å². The molecule has 0 amide bonds. The molecule has 3 atom stereocenters. The largest absolute Gasteiger partial charge is 0.459 e. The van der Waals surface area contributed by atoms with E-state index in [0.29, 0.717) is 46.2 Å². The zero-order valence-electron chi connectivity index (χ0n) is 19.0. The predicted molar refractivity (Wildman–Crippen MR) is 131 cm³/mol. The summed E-state index contributed by atoms with van der Waals surface area (Å²) in [6, 6.07) is 15.3. The summed E-state index contributed by atoms with van der Waals surface area (Å²) in [6.07, 6.45) is 1.55. The molecule has 33 heavy (non-hydrogen) atoms. The van der Waals surface area contributed by atoms with Crippen molar-refractivity contribution in [1.82, 2.24) is 5.32 Å². The van der Waals surface area contributed by atoms with E-state index in [-0.39, 0.29) is 17.8 Å². The van der Waals surface area contributed by atoms with E-state index in [1.165, 1.54) is 0 Å². The van der Waals surface area contributed by atoms with E-state index < -0.39 is 11.9 Å². The van der Waals surface area contributed by atoms with Gasteiger partial charge in [-0.2, -0.15) is 0 Å². The third-order valence-electron chi connectivity index (χ3n) is 6.48. The Morgan fingerprint density at radius 3 is 2.48 bits per heavy atom. The van der Waals surface area contributed by atoms with Gasteiger partial charge in [-0.05, 0) is 55.9 Å². The number of ketones is 1. The molecular weight excluding hydrogens is 457 g/mol. The van der Waals surface area contributed by atoms with Crippen molar-refractivity contribution in [3.8, 4) is 0 Å². The number of ether oxygens (including phenoxy) is 1. The van der Waals surface area contributed by atoms with Gasteiger partial charge in [0.15, 0.2) is 5.78 Å². The van der Waals surface area contributed by atoms with E-state index in [0.717, 1.165) is 16.8 Å². The van der Waals surface area contributed by atoms with Crippen LogP contribution >= 0.6 is 23.2 Å². The SMILES string of the molecule is CC[C@H](C)OC(=O)C1=C(C)NC2=C(C(=O)C[C@@H](c3ccccc3)C2)[C@@H]1c1ccc(Cl)c(Cl)c1. The number of hydrogen-bond donors (Lipinski definition) is 1. The molecule has 0 fully saturated rings. The molecule has 4 rings (SSSR count). The smallest absolute Gasteiger partial charge is 0.337 e. The first kappa shape index (κ1) is 23.6. The summed E-state index contributed by atoms with van der Waals surface area (Å²) < 4.78 is 5.69. The van der Waals surface area contributed by atoms with Crippen LogP contribution in [0.4, 0.5) is 0 Å². The van der Waals surface area contributed by atoms with Crippen molar-refractivity contribution >= 4 is 35.0 Å². The quantitative estimate of drug-likeness (QED) is 0.480. The Morgan fingerprint density at radius 1 is 1.09 bits per heavy atom. The molecule has 2 aromatic carbocycles. The highest BCUT2D eigenvalue weighted by Gasteiger charge is 2.41. The zero-order valence-corrected chi connectivity index (χ0v) is 20.5. The van der Waals surface area contributed by atoms with Crippen molar-refractivity contribution in [1.29, 1.82) is 0 Å². The van der Waals surface area contributed by atoms with Crippen LogP contribution in [0.5, 0.6) is 0 Å². The first-order valence-electron chi connectivity index (χ1n) is 11.2. The maximum absolute atomic E-state index is 13.6. The lowest BCUT2D eigenvalue weighted by Gasteiger charge is -2.37. The Labute approximate surface area is 204 Å². The minimum Gasteiger partial charge on any atom is -0.459 e. The summed E-state index contributed by atoms with van der Waals surface area (Å²) >= 11 is 12.5. The highest BCUT2D eigenvalue weighted by molar-refractivity contribution is 6.42. The van der Waals surface area contributed by atoms with Crippen molar-refractivity contribution < 1.29 is 14.3 Å². The molecule has 4 nitrogen and oxygen atoms in total. The molecule has 1 N–H and O–H groups in total. The van der Waals surface area contributed by atoms with Gasteiger partial charge in [0.05, 0.1) is 21.7 Å². The fourth-order valence-electron chi connectivity index (χ4n) is 4.63. The highest BCUT2D eigenvalue weighted by Crippen LogP contribution is 2.46. The fourth-order valence-corrected chi connectivity index (χ4v) is 4.93. The van der Waals surface area contributed by atoms with Crippen molar-refractivity contribution in [3.63, 3.8) is 0 Å². The molecule has 2 aliphatic rings. The first-order valence-corrected chi connectivity index (χ1v) is 12.0. The first-order chi connectivity index (χ1) is 15.8. The minimum absolute atomic E-state index is 0.0232. The lowest BCUT2D eigenvalue weighted by molar-refractivity contribution is -0.144. The lowest BCUT2D eigenvalue weighted by atomic mass is 9.72. The number of rotatable bonds is 5. The van der Waals surface area contributed by atoms with E-state index >= 15 is 0 Å². The molecule has 172 valence electrons. The Bertz CT molecular complexity index is 1150. The molecule has 0 unspecified atom stereocenters. The number of carbonyl (C=O) groups is 2. The van der Waals surface area contributed by atoms with Gasteiger partial charge >= 0.3 is 5.97 Å². The highest BCUT2D eigenvalue weighted by atomic mass is 35.5. The summed E-state index contributed by atoms with van der Waals surface area (Å²) in [5.41, 5.74) is 4.49. The third kappa shape index (κ3) is 4.73. The maximum Gasteiger partial charge on any atom is 0.337 e. The molecule has 6 heteroatoms. The molecular formula is C27H27Cl2NO3. The molecule has 1 heterocycles. The second kappa shape index (κ2) is 9.74. The number of benzene rings is 2. The number of Topliss-reactive ketones (excluding diaryl/α,β-unsaturated/α-hetero) is 1. The van der Waals surface area contributed by atoms with Gasteiger partial charge in [0.1, 0.15) is 0 Å². The standard InChI is InChI=1S/C27H27Cl2NO3/c1-4-15(2)33-27(32)24-16(3)30-22-13-19(17-8-6-5-7-9-17)14-23(31)26(22)25(24)18-10-11-20(28)21(29)12-18/h5-12,15,19,25,30H,4,13-14H2,1-3H3/t15-,19-,25+/m0/s1. The van der Waals surface area contributed by atoms with Gasteiger partial charge in [0.2, 0.25) is 0 Å². The van der Waals surface area contributed by atoms with E-state index in [2.05, 4.69) is 17.4 Å². The third-order valence-corrected chi connectivity index (χ3v) is 7.22. The van der Waals surface area contributed by atoms with Gasteiger partial charge in [-0.25, -0.2) is 4.79 Å². The van der Waals surface area contributed by atoms with Gasteiger partial charge < -0.3 is 10.1 Å². The lowest BCUT2D eigenvalue weighted by Crippen LogP contribution is -2.36. The molecule has 0 saturated carbocycles. The summed E-state index contributed by atoms with van der Waals surface area (Å²) in [4.78, 5) is 26.8. The minimum atomic E-state index is -0.559. The monoisotopic (exact) mass is 483 g/mol. The van der Waals surface area contributed by atoms with Gasteiger partial charge in [0.25, 0.3) is 0 Å². The average Bonchev–Trinajstić information content (AvgIpc) is 2.80. The fraction of sp³-hybridized carbons (Fsp3) is 0.333. The zero-order chi connectivity index (χ0) is 23.7. The average molecular weight is 484 g/mol. The molecule has 0 saturated heterocycles. The summed E-state index contributed by atoms with van der Waals surface area (Å²) in [5, 5.41) is 4.18. The number of carbonyl (C=O) groups excluding carboxylic acids is 2. The molecule has 0 radical (unpaired) electrons. The Balaban J connectivity index is 1.80. The van der Waals surface area contributed by atoms with Crippen LogP contribution in [-0.4, -0.2) is 17.9 Å². The van der Waals surface area contributed by atoms with Crippen LogP contribution in [0.25, 0.3) is 0 Å². The second-order valence-corrected chi connectivity index (χ2v) is 9.54. The summed E-state index contributed by atoms with van der Waals surface area (Å²) in [5.74, 6) is -0.873. The van der Waals surface area contributed by atoms with Crippen LogP contribution in [0.2, 0.25) is 10.0 Å². The topological polar surface area (TPSA) is 55.4 Å². The number of nitrogens with one attached hydrogen (secondary N) is 1. The maximum atomic E-state index is 13.6. The summed E-state index contributed by atoms with van der Waals surface area (Å²) in [7, 11) is 0. The van der Waals surface area contributed by atoms with Crippen LogP contribution in [0.15, 0.2) is 71.1 Å². The Kier molecular flexibility index (Phi) is 6.96. The van der Waals surface area contributed by atoms with E-state index in [4.69, 9.17) is 27.9 Å². The van der Waals surface area contributed by atoms with E-state index in [1.54, 1.807) is 12.1 Å². The van der Waals surface area contributed by atoms with Crippen molar-refractivity contribution in [2.24, 2.45) is 0 Å². The normalized spacial score (nSPS) is 21.4. The number of hydrogen-bond acceptors (Lipinski definition) is 4. The van der Waals surface area contributed by atoms with Gasteiger partial charge in [-0.3, -0.25) is 4.79 Å². The molecule has 2 aromatic rings. The number of dihydropyridines is 1. The number of allylic oxidation sites excluding steroid dienone is 3. The molecule has 0 aromatic heterocycles. The predicted octanol–water partition coefficient (Wildman–Crippen LogP) is 6.70. The molecule has 0 spiro atoms. The van der Waals surface area contributed by atoms with Crippen molar-refractivity contribution in [2.45, 2.75) is 58.0 Å². The molecule has 1 aliphatic carbocycles. The second-order valence-electron chi connectivity index (χ2n) is 8.73. The molecule has 1 aliphatic heterocycles. The number of halogens is 2. The Hall–Kier alpha value is -2.56. The van der Waals surface area contributed by atoms with Gasteiger partial charge in [0, 0.05) is 29.3 Å². The van der Waals surface area contributed by atoms with Crippen LogP contribution in [-0.2, 0) is 14.3 Å². The number of esters is 1. The van der Waals surface area contributed by atoms with Crippen LogP contribution < -0.4 is 5.32 Å². The molecule has 0 bridgehead atoms. The van der Waals surface area contributed by atoms with E-state index in [9.17, 15) is 9.59 Å². The summed E-state index contributed by atoms with van der Waals surface area (Å²) in [6.45, 7) is 5.68. The Morgan fingerprint density at radius 2 is 1.82 bits per heavy atom. The van der Waals surface area contributed by atoms with E-state index in [1.807, 2.05) is 45.0 Å². The van der Waals surface area contributed by atoms with Gasteiger partial charge in [-0.1, -0.05) is 66.5 Å². The van der Waals surface area contributed by atoms with Crippen molar-refractivity contribution in [2.75, 3.05) is 0 Å². The van der Waals surface area contributed by atoms with Crippen LogP contribution in [0.1, 0.15) is 63.0 Å². The van der Waals surface area contributed by atoms with Crippen LogP contribution in [0.3, 0.4) is 0 Å².